The Bertz CT molecular complexity index is 1150. The smallest absolute Gasteiger partial charge is 0.262 e. The molecule has 0 unspecified atom stereocenters. The van der Waals surface area contributed by atoms with Gasteiger partial charge in [0.15, 0.2) is 11.5 Å². The van der Waals surface area contributed by atoms with Gasteiger partial charge in [-0.15, -0.1) is 0 Å². The Balaban J connectivity index is 1.44. The van der Waals surface area contributed by atoms with Crippen LogP contribution in [0, 0.1) is 0 Å². The number of aryl methyl sites for hydroxylation is 1. The average molecular weight is 397 g/mol. The Hall–Kier alpha value is -3.00. The minimum atomic E-state index is -3.75. The Morgan fingerprint density at radius 1 is 1.04 bits per heavy atom. The van der Waals surface area contributed by atoms with Gasteiger partial charge >= 0.3 is 0 Å². The third-order valence-electron chi connectivity index (χ3n) is 4.95. The number of hydrogen-bond donors (Lipinski definition) is 1. The molecule has 3 aromatic rings. The van der Waals surface area contributed by atoms with Crippen molar-refractivity contribution >= 4 is 15.7 Å². The molecule has 0 saturated heterocycles. The first-order valence-electron chi connectivity index (χ1n) is 9.17. The summed E-state index contributed by atoms with van der Waals surface area (Å²) in [6, 6.07) is 12.0. The maximum Gasteiger partial charge on any atom is 0.262 e. The predicted molar refractivity (Wildman–Crippen MR) is 104 cm³/mol. The molecule has 0 saturated carbocycles. The van der Waals surface area contributed by atoms with Crippen LogP contribution in [0.5, 0.6) is 11.5 Å². The van der Waals surface area contributed by atoms with Gasteiger partial charge in [-0.25, -0.2) is 13.4 Å². The van der Waals surface area contributed by atoms with Crippen molar-refractivity contribution in [2.75, 3.05) is 17.9 Å². The first-order valence-corrected chi connectivity index (χ1v) is 10.7. The fraction of sp³-hybridized carbons (Fsp3) is 0.250. The van der Waals surface area contributed by atoms with Gasteiger partial charge in [-0.2, -0.15) is 0 Å². The molecule has 1 aromatic heterocycles. The van der Waals surface area contributed by atoms with Crippen LogP contribution in [0.15, 0.2) is 53.6 Å². The summed E-state index contributed by atoms with van der Waals surface area (Å²) < 4.78 is 41.5. The number of rotatable bonds is 4. The fourth-order valence-corrected chi connectivity index (χ4v) is 4.70. The number of sulfonamides is 1. The monoisotopic (exact) mass is 397 g/mol. The number of nitrogens with zero attached hydrogens (tertiary/aromatic N) is 2. The van der Waals surface area contributed by atoms with E-state index in [2.05, 4.69) is 14.3 Å². The van der Waals surface area contributed by atoms with Gasteiger partial charge in [0, 0.05) is 30.3 Å². The topological polar surface area (TPSA) is 82.5 Å². The highest BCUT2D eigenvalue weighted by molar-refractivity contribution is 7.92. The standard InChI is InChI=1S/C20H19N3O4S/c24-28(25,16-6-7-18-19(12-16)27-10-9-26-18)22-15-4-1-3-14(11-15)17-13-21-20-5-2-8-23(17)20/h1,3-4,6-7,11-13,22H,2,5,8-10H2. The Kier molecular flexibility index (Phi) is 4.01. The van der Waals surface area contributed by atoms with Gasteiger partial charge in [0.1, 0.15) is 19.0 Å². The maximum absolute atomic E-state index is 12.8. The van der Waals surface area contributed by atoms with E-state index in [1.165, 1.54) is 12.1 Å². The molecule has 0 aliphatic carbocycles. The normalized spacial score (nSPS) is 15.3. The number of imidazole rings is 1. The van der Waals surface area contributed by atoms with Gasteiger partial charge in [-0.1, -0.05) is 12.1 Å². The highest BCUT2D eigenvalue weighted by atomic mass is 32.2. The molecule has 2 aromatic carbocycles. The van der Waals surface area contributed by atoms with E-state index in [4.69, 9.17) is 9.47 Å². The number of nitrogens with one attached hydrogen (secondary N) is 1. The lowest BCUT2D eigenvalue weighted by Gasteiger charge is -2.19. The van der Waals surface area contributed by atoms with Crippen molar-refractivity contribution in [1.82, 2.24) is 9.55 Å². The van der Waals surface area contributed by atoms with Gasteiger partial charge in [-0.05, 0) is 30.7 Å². The summed E-state index contributed by atoms with van der Waals surface area (Å²) in [5.74, 6) is 2.08. The summed E-state index contributed by atoms with van der Waals surface area (Å²) in [5.41, 5.74) is 2.44. The largest absolute Gasteiger partial charge is 0.486 e. The zero-order chi connectivity index (χ0) is 19.1. The Labute approximate surface area is 163 Å². The fourth-order valence-electron chi connectivity index (χ4n) is 3.64. The summed E-state index contributed by atoms with van der Waals surface area (Å²) in [7, 11) is -3.75. The summed E-state index contributed by atoms with van der Waals surface area (Å²) in [6.45, 7) is 1.81. The molecule has 0 fully saturated rings. The van der Waals surface area contributed by atoms with Crippen LogP contribution in [0.1, 0.15) is 12.2 Å². The highest BCUT2D eigenvalue weighted by Gasteiger charge is 2.21. The van der Waals surface area contributed by atoms with Crippen molar-refractivity contribution in [1.29, 1.82) is 0 Å². The van der Waals surface area contributed by atoms with E-state index in [0.717, 1.165) is 36.5 Å². The summed E-state index contributed by atoms with van der Waals surface area (Å²) in [5, 5.41) is 0. The first-order chi connectivity index (χ1) is 13.6. The summed E-state index contributed by atoms with van der Waals surface area (Å²) >= 11 is 0. The van der Waals surface area contributed by atoms with Crippen molar-refractivity contribution in [3.05, 3.63) is 54.5 Å². The molecule has 5 rings (SSSR count). The first kappa shape index (κ1) is 17.1. The lowest BCUT2D eigenvalue weighted by Crippen LogP contribution is -2.17. The van der Waals surface area contributed by atoms with E-state index < -0.39 is 10.0 Å². The molecule has 8 heteroatoms. The number of anilines is 1. The van der Waals surface area contributed by atoms with Gasteiger partial charge in [-0.3, -0.25) is 4.72 Å². The molecule has 0 radical (unpaired) electrons. The third kappa shape index (κ3) is 2.99. The molecule has 0 atom stereocenters. The maximum atomic E-state index is 12.8. The van der Waals surface area contributed by atoms with Crippen molar-refractivity contribution < 1.29 is 17.9 Å². The van der Waals surface area contributed by atoms with E-state index in [1.54, 1.807) is 12.1 Å². The molecule has 144 valence electrons. The Morgan fingerprint density at radius 3 is 2.79 bits per heavy atom. The van der Waals surface area contributed by atoms with Crippen LogP contribution in [0.25, 0.3) is 11.3 Å². The van der Waals surface area contributed by atoms with Crippen LogP contribution in [0.3, 0.4) is 0 Å². The summed E-state index contributed by atoms with van der Waals surface area (Å²) in [6.07, 6.45) is 3.92. The van der Waals surface area contributed by atoms with Crippen molar-refractivity contribution in [2.24, 2.45) is 0 Å². The third-order valence-corrected chi connectivity index (χ3v) is 6.33. The number of hydrogen-bond acceptors (Lipinski definition) is 5. The van der Waals surface area contributed by atoms with E-state index in [1.807, 2.05) is 24.4 Å². The minimum Gasteiger partial charge on any atom is -0.486 e. The van der Waals surface area contributed by atoms with Gasteiger partial charge in [0.05, 0.1) is 16.8 Å². The molecule has 0 spiro atoms. The van der Waals surface area contributed by atoms with Crippen LogP contribution in [-0.4, -0.2) is 31.2 Å². The van der Waals surface area contributed by atoms with Crippen LogP contribution in [0.2, 0.25) is 0 Å². The van der Waals surface area contributed by atoms with Crippen molar-refractivity contribution in [2.45, 2.75) is 24.3 Å². The average Bonchev–Trinajstić information content (AvgIpc) is 3.31. The quantitative estimate of drug-likeness (QED) is 0.732. The second-order valence-corrected chi connectivity index (χ2v) is 8.49. The highest BCUT2D eigenvalue weighted by Crippen LogP contribution is 2.33. The number of ether oxygens (including phenoxy) is 2. The van der Waals surface area contributed by atoms with Gasteiger partial charge < -0.3 is 14.0 Å². The van der Waals surface area contributed by atoms with Gasteiger partial charge in [0.25, 0.3) is 10.0 Å². The number of benzene rings is 2. The lowest BCUT2D eigenvalue weighted by atomic mass is 10.1. The molecule has 28 heavy (non-hydrogen) atoms. The molecule has 0 bridgehead atoms. The van der Waals surface area contributed by atoms with E-state index in [0.29, 0.717) is 30.4 Å². The molecule has 3 heterocycles. The summed E-state index contributed by atoms with van der Waals surface area (Å²) in [4.78, 5) is 4.60. The molecule has 2 aliphatic heterocycles. The van der Waals surface area contributed by atoms with Gasteiger partial charge in [0.2, 0.25) is 0 Å². The lowest BCUT2D eigenvalue weighted by molar-refractivity contribution is 0.171. The Morgan fingerprint density at radius 2 is 1.89 bits per heavy atom. The van der Waals surface area contributed by atoms with Crippen LogP contribution < -0.4 is 14.2 Å². The number of fused-ring (bicyclic) bond motifs is 2. The van der Waals surface area contributed by atoms with Crippen LogP contribution >= 0.6 is 0 Å². The van der Waals surface area contributed by atoms with E-state index >= 15 is 0 Å². The van der Waals surface area contributed by atoms with E-state index in [9.17, 15) is 8.42 Å². The number of aromatic nitrogens is 2. The molecule has 2 aliphatic rings. The minimum absolute atomic E-state index is 0.132. The van der Waals surface area contributed by atoms with Crippen molar-refractivity contribution in [3.63, 3.8) is 0 Å². The van der Waals surface area contributed by atoms with E-state index in [-0.39, 0.29) is 4.90 Å². The second kappa shape index (κ2) is 6.56. The molecule has 7 nitrogen and oxygen atoms in total. The molecular formula is C20H19N3O4S. The van der Waals surface area contributed by atoms with Crippen LogP contribution in [0.4, 0.5) is 5.69 Å². The zero-order valence-electron chi connectivity index (χ0n) is 15.1. The zero-order valence-corrected chi connectivity index (χ0v) is 15.9. The molecule has 0 amide bonds. The SMILES string of the molecule is O=S(=O)(Nc1cccc(-c2cnc3n2CCC3)c1)c1ccc2c(c1)OCCO2. The van der Waals surface area contributed by atoms with Crippen molar-refractivity contribution in [3.8, 4) is 22.8 Å². The molecular weight excluding hydrogens is 378 g/mol. The second-order valence-electron chi connectivity index (χ2n) is 6.81. The molecule has 1 N–H and O–H groups in total. The van der Waals surface area contributed by atoms with Crippen LogP contribution in [-0.2, 0) is 23.0 Å². The predicted octanol–water partition coefficient (Wildman–Crippen LogP) is 3.07.